The fraction of sp³-hybridized carbons (Fsp3) is 0.577. The van der Waals surface area contributed by atoms with Gasteiger partial charge in [0, 0.05) is 17.8 Å². The van der Waals surface area contributed by atoms with Crippen molar-refractivity contribution in [3.05, 3.63) is 52.6 Å². The molecule has 4 heteroatoms. The predicted molar refractivity (Wildman–Crippen MR) is 120 cm³/mol. The number of rotatable bonds is 0. The van der Waals surface area contributed by atoms with Gasteiger partial charge in [-0.2, -0.15) is 0 Å². The molecule has 0 aromatic heterocycles. The van der Waals surface area contributed by atoms with Crippen LogP contribution >= 0.6 is 0 Å². The molecule has 1 aromatic carbocycles. The Morgan fingerprint density at radius 1 is 0.833 bits per heavy atom. The predicted octanol–water partition coefficient (Wildman–Crippen LogP) is 5.86. The molecule has 1 fully saturated rings. The number of hydrogen-bond donors (Lipinski definition) is 0. The fourth-order valence-corrected chi connectivity index (χ4v) is 4.36. The molecule has 0 bridgehead atoms. The summed E-state index contributed by atoms with van der Waals surface area (Å²) >= 11 is 0. The lowest BCUT2D eigenvalue weighted by Gasteiger charge is -2.25. The molecule has 6 atom stereocenters. The standard InChI is InChI=1S/C26H36O4/c1-15-13-19(5)22-21(14-15)12-11-18(4)24-23(29-26(7,8)30-24)17(3)10-9-16(2)20(6)28-25(22)27/h9-14,16-18,20,23-24H,1-8H3/b10-9-,12-11+/t16-,17?,18?,20+,23-,24+/m1/s1. The second kappa shape index (κ2) is 8.68. The van der Waals surface area contributed by atoms with Crippen molar-refractivity contribution in [2.45, 2.75) is 79.5 Å². The molecule has 164 valence electrons. The molecule has 2 aliphatic heterocycles. The van der Waals surface area contributed by atoms with E-state index in [0.717, 1.165) is 16.7 Å². The zero-order valence-corrected chi connectivity index (χ0v) is 19.6. The third-order valence-electron chi connectivity index (χ3n) is 6.25. The lowest BCUT2D eigenvalue weighted by molar-refractivity contribution is -0.150. The first-order valence-electron chi connectivity index (χ1n) is 11.0. The maximum absolute atomic E-state index is 13.1. The second-order valence-corrected chi connectivity index (χ2v) is 9.54. The van der Waals surface area contributed by atoms with Crippen LogP contribution < -0.4 is 0 Å². The third kappa shape index (κ3) is 4.87. The van der Waals surface area contributed by atoms with Crippen LogP contribution in [0.15, 0.2) is 30.4 Å². The van der Waals surface area contributed by atoms with Gasteiger partial charge in [-0.05, 0) is 45.7 Å². The summed E-state index contributed by atoms with van der Waals surface area (Å²) in [5.41, 5.74) is 3.58. The molecule has 30 heavy (non-hydrogen) atoms. The maximum Gasteiger partial charge on any atom is 0.339 e. The van der Waals surface area contributed by atoms with Crippen molar-refractivity contribution in [1.29, 1.82) is 0 Å². The molecule has 2 heterocycles. The van der Waals surface area contributed by atoms with E-state index < -0.39 is 5.79 Å². The van der Waals surface area contributed by atoms with E-state index in [1.165, 1.54) is 0 Å². The molecule has 2 aliphatic rings. The lowest BCUT2D eigenvalue weighted by Crippen LogP contribution is -2.33. The number of aryl methyl sites for hydroxylation is 2. The Bertz CT molecular complexity index is 851. The molecular weight excluding hydrogens is 376 g/mol. The van der Waals surface area contributed by atoms with Gasteiger partial charge in [-0.3, -0.25) is 0 Å². The van der Waals surface area contributed by atoms with Crippen molar-refractivity contribution in [2.24, 2.45) is 17.8 Å². The quantitative estimate of drug-likeness (QED) is 0.395. The summed E-state index contributed by atoms with van der Waals surface area (Å²) in [6.45, 7) is 16.3. The molecule has 2 unspecified atom stereocenters. The van der Waals surface area contributed by atoms with Crippen LogP contribution in [0.5, 0.6) is 0 Å². The highest BCUT2D eigenvalue weighted by molar-refractivity contribution is 5.95. The van der Waals surface area contributed by atoms with Crippen LogP contribution in [-0.2, 0) is 14.2 Å². The molecule has 0 amide bonds. The van der Waals surface area contributed by atoms with Gasteiger partial charge in [-0.25, -0.2) is 4.79 Å². The summed E-state index contributed by atoms with van der Waals surface area (Å²) in [6.07, 6.45) is 8.13. The Morgan fingerprint density at radius 3 is 2.03 bits per heavy atom. The van der Waals surface area contributed by atoms with Crippen LogP contribution in [-0.4, -0.2) is 30.1 Å². The first-order chi connectivity index (χ1) is 14.0. The van der Waals surface area contributed by atoms with Gasteiger partial charge in [0.25, 0.3) is 0 Å². The van der Waals surface area contributed by atoms with Gasteiger partial charge in [-0.15, -0.1) is 0 Å². The monoisotopic (exact) mass is 412 g/mol. The normalized spacial score (nSPS) is 36.2. The summed E-state index contributed by atoms with van der Waals surface area (Å²) in [4.78, 5) is 13.1. The van der Waals surface area contributed by atoms with Crippen LogP contribution in [0.4, 0.5) is 0 Å². The number of fused-ring (bicyclic) bond motifs is 2. The highest BCUT2D eigenvalue weighted by Crippen LogP contribution is 2.37. The Hall–Kier alpha value is -1.91. The van der Waals surface area contributed by atoms with Gasteiger partial charge in [0.2, 0.25) is 0 Å². The van der Waals surface area contributed by atoms with E-state index >= 15 is 0 Å². The number of hydrogen-bond acceptors (Lipinski definition) is 4. The highest BCUT2D eigenvalue weighted by atomic mass is 16.8. The number of benzene rings is 1. The minimum absolute atomic E-state index is 0.0392. The Morgan fingerprint density at radius 2 is 1.40 bits per heavy atom. The van der Waals surface area contributed by atoms with E-state index in [2.05, 4.69) is 39.0 Å². The van der Waals surface area contributed by atoms with Crippen molar-refractivity contribution in [2.75, 3.05) is 0 Å². The minimum atomic E-state index is -0.615. The van der Waals surface area contributed by atoms with E-state index in [9.17, 15) is 4.79 Å². The first kappa shape index (κ1) is 22.8. The molecule has 1 aromatic rings. The van der Waals surface area contributed by atoms with Crippen molar-refractivity contribution in [3.63, 3.8) is 0 Å². The SMILES string of the molecule is Cc1cc(C)c2c(c1)/C=C/C(C)[C@@H]1OC(C)(C)O[C@@H]1C(C)/C=C\[C@@H](C)[C@H](C)OC2=O. The van der Waals surface area contributed by atoms with Crippen molar-refractivity contribution in [1.82, 2.24) is 0 Å². The van der Waals surface area contributed by atoms with E-state index in [1.807, 2.05) is 52.8 Å². The van der Waals surface area contributed by atoms with Crippen LogP contribution in [0.25, 0.3) is 6.08 Å². The van der Waals surface area contributed by atoms with E-state index in [1.54, 1.807) is 0 Å². The molecular formula is C26H36O4. The van der Waals surface area contributed by atoms with Crippen molar-refractivity contribution >= 4 is 12.0 Å². The number of esters is 1. The smallest absolute Gasteiger partial charge is 0.339 e. The summed E-state index contributed by atoms with van der Waals surface area (Å²) in [6, 6.07) is 4.07. The molecule has 1 saturated heterocycles. The zero-order chi connectivity index (χ0) is 22.2. The fourth-order valence-electron chi connectivity index (χ4n) is 4.36. The Balaban J connectivity index is 2.07. The average molecular weight is 413 g/mol. The van der Waals surface area contributed by atoms with Crippen LogP contribution in [0.1, 0.15) is 68.6 Å². The number of ether oxygens (including phenoxy) is 3. The number of cyclic esters (lactones) is 1. The van der Waals surface area contributed by atoms with Crippen molar-refractivity contribution < 1.29 is 19.0 Å². The summed E-state index contributed by atoms with van der Waals surface area (Å²) in [5.74, 6) is -0.488. The van der Waals surface area contributed by atoms with E-state index in [4.69, 9.17) is 14.2 Å². The van der Waals surface area contributed by atoms with Gasteiger partial charge in [-0.1, -0.05) is 62.8 Å². The third-order valence-corrected chi connectivity index (χ3v) is 6.25. The molecule has 0 N–H and O–H groups in total. The topological polar surface area (TPSA) is 44.8 Å². The van der Waals surface area contributed by atoms with Gasteiger partial charge >= 0.3 is 5.97 Å². The number of carbonyl (C=O) groups is 1. The molecule has 0 spiro atoms. The molecule has 0 saturated carbocycles. The largest absolute Gasteiger partial charge is 0.458 e. The Kier molecular flexibility index (Phi) is 6.59. The van der Waals surface area contributed by atoms with Gasteiger partial charge in [0.05, 0.1) is 17.8 Å². The number of carbonyl (C=O) groups excluding carboxylic acids is 1. The van der Waals surface area contributed by atoms with Crippen LogP contribution in [0.2, 0.25) is 0 Å². The van der Waals surface area contributed by atoms with Gasteiger partial charge in [0.15, 0.2) is 5.79 Å². The molecule has 0 radical (unpaired) electrons. The first-order valence-corrected chi connectivity index (χ1v) is 11.0. The maximum atomic E-state index is 13.1. The minimum Gasteiger partial charge on any atom is -0.458 e. The van der Waals surface area contributed by atoms with Crippen LogP contribution in [0.3, 0.4) is 0 Å². The molecule has 3 rings (SSSR count). The summed E-state index contributed by atoms with van der Waals surface area (Å²) in [5, 5.41) is 0. The molecule has 4 nitrogen and oxygen atoms in total. The summed E-state index contributed by atoms with van der Waals surface area (Å²) in [7, 11) is 0. The lowest BCUT2D eigenvalue weighted by atomic mass is 9.89. The van der Waals surface area contributed by atoms with Crippen molar-refractivity contribution in [3.8, 4) is 0 Å². The van der Waals surface area contributed by atoms with E-state index in [-0.39, 0.29) is 42.0 Å². The second-order valence-electron chi connectivity index (χ2n) is 9.54. The Labute approximate surface area is 181 Å². The molecule has 0 aliphatic carbocycles. The van der Waals surface area contributed by atoms with E-state index in [0.29, 0.717) is 5.56 Å². The highest BCUT2D eigenvalue weighted by Gasteiger charge is 2.45. The van der Waals surface area contributed by atoms with Gasteiger partial charge < -0.3 is 14.2 Å². The summed E-state index contributed by atoms with van der Waals surface area (Å²) < 4.78 is 18.4. The zero-order valence-electron chi connectivity index (χ0n) is 19.6. The van der Waals surface area contributed by atoms with Crippen LogP contribution in [0, 0.1) is 31.6 Å². The van der Waals surface area contributed by atoms with Gasteiger partial charge in [0.1, 0.15) is 6.10 Å². The average Bonchev–Trinajstić information content (AvgIpc) is 2.98.